The van der Waals surface area contributed by atoms with Gasteiger partial charge < -0.3 is 19.4 Å². The molecule has 10 heteroatoms. The van der Waals surface area contributed by atoms with E-state index in [1.165, 1.54) is 11.8 Å². The van der Waals surface area contributed by atoms with Crippen molar-refractivity contribution in [1.29, 1.82) is 0 Å². The topological polar surface area (TPSA) is 65.5 Å². The summed E-state index contributed by atoms with van der Waals surface area (Å²) in [4.78, 5) is 38.5. The van der Waals surface area contributed by atoms with E-state index < -0.39 is 11.1 Å². The second-order valence-electron chi connectivity index (χ2n) is 12.5. The Kier molecular flexibility index (Phi) is 8.38. The molecule has 2 aromatic rings. The van der Waals surface area contributed by atoms with E-state index >= 15 is 0 Å². The molecule has 0 bridgehead atoms. The number of carbonyl (C=O) groups is 2. The first kappa shape index (κ1) is 30.8. The molecule has 0 saturated carbocycles. The molecule has 42 heavy (non-hydrogen) atoms. The Morgan fingerprint density at radius 2 is 1.64 bits per heavy atom. The van der Waals surface area contributed by atoms with Gasteiger partial charge in [-0.3, -0.25) is 4.79 Å². The Morgan fingerprint density at radius 3 is 2.17 bits per heavy atom. The molecule has 5 rings (SSSR count). The lowest BCUT2D eigenvalue weighted by molar-refractivity contribution is -0.132. The van der Waals surface area contributed by atoms with Crippen LogP contribution in [0.3, 0.4) is 0 Å². The Labute approximate surface area is 262 Å². The summed E-state index contributed by atoms with van der Waals surface area (Å²) in [7, 11) is 0. The predicted molar refractivity (Wildman–Crippen MR) is 171 cm³/mol. The van der Waals surface area contributed by atoms with E-state index in [4.69, 9.17) is 32.9 Å². The fourth-order valence-electron chi connectivity index (χ4n) is 5.89. The van der Waals surface area contributed by atoms with Crippen molar-refractivity contribution in [2.75, 3.05) is 19.6 Å². The molecule has 2 amide bonds. The van der Waals surface area contributed by atoms with Crippen LogP contribution in [0.4, 0.5) is 4.79 Å². The summed E-state index contributed by atoms with van der Waals surface area (Å²) in [6, 6.07) is 15.5. The van der Waals surface area contributed by atoms with Crippen LogP contribution in [0.1, 0.15) is 65.6 Å². The van der Waals surface area contributed by atoms with Crippen LogP contribution in [0, 0.1) is 5.92 Å². The van der Waals surface area contributed by atoms with Gasteiger partial charge in [-0.15, -0.1) is 0 Å². The average molecular weight is 630 g/mol. The molecule has 0 N–H and O–H groups in total. The van der Waals surface area contributed by atoms with Crippen LogP contribution in [0.5, 0.6) is 0 Å². The highest BCUT2D eigenvalue weighted by Gasteiger charge is 2.54. The molecule has 3 aliphatic rings. The summed E-state index contributed by atoms with van der Waals surface area (Å²) in [5, 5.41) is 2.14. The third kappa shape index (κ3) is 5.65. The van der Waals surface area contributed by atoms with Crippen LogP contribution in [0.15, 0.2) is 64.1 Å². The SMILES string of the molecule is CCN(C(=O)C1=C(C(C)C)N2C(=N[C@@](C)(c3ccc(Cl)cc3)[C@H]2c2ccc(Cl)cc2)S1)C1CN(C(=O)OC(C)(C)C)C1. The Morgan fingerprint density at radius 1 is 1.07 bits per heavy atom. The van der Waals surface area contributed by atoms with Crippen molar-refractivity contribution >= 4 is 52.1 Å². The molecule has 2 aromatic carbocycles. The smallest absolute Gasteiger partial charge is 0.410 e. The number of thioether (sulfide) groups is 1. The highest BCUT2D eigenvalue weighted by atomic mass is 35.5. The van der Waals surface area contributed by atoms with Gasteiger partial charge in [-0.1, -0.05) is 61.3 Å². The molecular formula is C32H38Cl2N4O3S. The monoisotopic (exact) mass is 628 g/mol. The molecule has 7 nitrogen and oxygen atoms in total. The average Bonchev–Trinajstić information content (AvgIpc) is 3.38. The number of allylic oxidation sites excluding steroid dienone is 1. The minimum absolute atomic E-state index is 0.0276. The maximum absolute atomic E-state index is 14.2. The van der Waals surface area contributed by atoms with Gasteiger partial charge in [0.2, 0.25) is 0 Å². The van der Waals surface area contributed by atoms with Crippen molar-refractivity contribution in [3.63, 3.8) is 0 Å². The third-order valence-electron chi connectivity index (χ3n) is 7.92. The van der Waals surface area contributed by atoms with Gasteiger partial charge in [-0.05, 0) is 87.7 Å². The molecule has 0 aliphatic carbocycles. The Hall–Kier alpha value is -2.68. The number of amides is 2. The van der Waals surface area contributed by atoms with Crippen LogP contribution in [0.2, 0.25) is 10.0 Å². The Bertz CT molecular complexity index is 1430. The number of likely N-dealkylation sites (tertiary alicyclic amines) is 1. The number of aliphatic imine (C=N–C) groups is 1. The van der Waals surface area contributed by atoms with E-state index in [0.717, 1.165) is 22.0 Å². The molecule has 0 aromatic heterocycles. The van der Waals surface area contributed by atoms with Crippen molar-refractivity contribution < 1.29 is 14.3 Å². The second kappa shape index (κ2) is 11.4. The highest BCUT2D eigenvalue weighted by Crippen LogP contribution is 2.56. The number of nitrogens with zero attached hydrogens (tertiary/aromatic N) is 4. The number of likely N-dealkylation sites (N-methyl/N-ethyl adjacent to an activating group) is 1. The number of amidine groups is 1. The number of ether oxygens (including phenoxy) is 1. The van der Waals surface area contributed by atoms with E-state index in [1.54, 1.807) is 4.90 Å². The van der Waals surface area contributed by atoms with Gasteiger partial charge in [0.25, 0.3) is 5.91 Å². The largest absolute Gasteiger partial charge is 0.444 e. The number of benzene rings is 2. The molecule has 2 atom stereocenters. The van der Waals surface area contributed by atoms with Crippen molar-refractivity contribution in [3.8, 4) is 0 Å². The first-order valence-corrected chi connectivity index (χ1v) is 15.9. The summed E-state index contributed by atoms with van der Waals surface area (Å²) in [6.07, 6.45) is -0.345. The number of rotatable bonds is 6. The van der Waals surface area contributed by atoms with Gasteiger partial charge in [0.05, 0.1) is 12.1 Å². The lowest BCUT2D eigenvalue weighted by Crippen LogP contribution is -2.63. The fraction of sp³-hybridized carbons (Fsp3) is 0.469. The Balaban J connectivity index is 1.48. The van der Waals surface area contributed by atoms with E-state index in [-0.39, 0.29) is 30.0 Å². The number of carbonyl (C=O) groups excluding carboxylic acids is 2. The summed E-state index contributed by atoms with van der Waals surface area (Å²) in [5.74, 6) is 0.0325. The predicted octanol–water partition coefficient (Wildman–Crippen LogP) is 7.70. The maximum atomic E-state index is 14.2. The molecule has 3 heterocycles. The molecule has 0 unspecified atom stereocenters. The lowest BCUT2D eigenvalue weighted by atomic mass is 9.81. The van der Waals surface area contributed by atoms with E-state index in [9.17, 15) is 9.59 Å². The molecular weight excluding hydrogens is 591 g/mol. The standard InChI is InChI=1S/C32H38Cl2N4O3S/c1-8-37(24-17-36(18-24)30(40)41-31(4,5)6)28(39)26-25(19(2)3)38-27(20-9-13-22(33)14-10-20)32(7,35-29(38)42-26)21-11-15-23(34)16-12-21/h9-16,19,24,27H,8,17-18H2,1-7H3/t27-,32+/m1/s1. The van der Waals surface area contributed by atoms with E-state index in [2.05, 4.69) is 25.7 Å². The quantitative estimate of drug-likeness (QED) is 0.328. The van der Waals surface area contributed by atoms with Gasteiger partial charge in [0.1, 0.15) is 16.0 Å². The van der Waals surface area contributed by atoms with Gasteiger partial charge in [-0.2, -0.15) is 0 Å². The third-order valence-corrected chi connectivity index (χ3v) is 9.48. The summed E-state index contributed by atoms with van der Waals surface area (Å²) in [6.45, 7) is 15.4. The zero-order valence-electron chi connectivity index (χ0n) is 25.1. The van der Waals surface area contributed by atoms with Crippen LogP contribution in [-0.4, -0.2) is 63.1 Å². The normalized spacial score (nSPS) is 22.3. The number of halogens is 2. The zero-order valence-corrected chi connectivity index (χ0v) is 27.5. The number of hydrogen-bond acceptors (Lipinski definition) is 6. The minimum Gasteiger partial charge on any atom is -0.444 e. The fourth-order valence-corrected chi connectivity index (χ4v) is 7.51. The van der Waals surface area contributed by atoms with Crippen LogP contribution in [-0.2, 0) is 15.1 Å². The van der Waals surface area contributed by atoms with Crippen LogP contribution >= 0.6 is 35.0 Å². The molecule has 0 spiro atoms. The summed E-state index contributed by atoms with van der Waals surface area (Å²) < 4.78 is 5.52. The molecule has 1 fully saturated rings. The van der Waals surface area contributed by atoms with Gasteiger partial charge in [-0.25, -0.2) is 9.79 Å². The second-order valence-corrected chi connectivity index (χ2v) is 14.3. The maximum Gasteiger partial charge on any atom is 0.410 e. The minimum atomic E-state index is -0.623. The summed E-state index contributed by atoms with van der Waals surface area (Å²) in [5.41, 5.74) is 1.87. The summed E-state index contributed by atoms with van der Waals surface area (Å²) >= 11 is 14.0. The van der Waals surface area contributed by atoms with Crippen molar-refractivity contribution in [2.45, 2.75) is 71.7 Å². The van der Waals surface area contributed by atoms with Crippen molar-refractivity contribution in [1.82, 2.24) is 14.7 Å². The van der Waals surface area contributed by atoms with Gasteiger partial charge in [0.15, 0.2) is 5.17 Å². The molecule has 0 radical (unpaired) electrons. The van der Waals surface area contributed by atoms with Crippen molar-refractivity contribution in [2.24, 2.45) is 10.9 Å². The first-order valence-electron chi connectivity index (χ1n) is 14.3. The van der Waals surface area contributed by atoms with Crippen molar-refractivity contribution in [3.05, 3.63) is 80.3 Å². The first-order chi connectivity index (χ1) is 19.7. The van der Waals surface area contributed by atoms with E-state index in [0.29, 0.717) is 34.6 Å². The van der Waals surface area contributed by atoms with E-state index in [1.807, 2.05) is 81.1 Å². The van der Waals surface area contributed by atoms with Gasteiger partial charge in [0, 0.05) is 35.4 Å². The van der Waals surface area contributed by atoms with Crippen LogP contribution in [0.25, 0.3) is 0 Å². The lowest BCUT2D eigenvalue weighted by Gasteiger charge is -2.45. The molecule has 3 aliphatic heterocycles. The highest BCUT2D eigenvalue weighted by molar-refractivity contribution is 8.18. The van der Waals surface area contributed by atoms with Crippen LogP contribution < -0.4 is 0 Å². The van der Waals surface area contributed by atoms with Gasteiger partial charge >= 0.3 is 6.09 Å². The zero-order chi connectivity index (χ0) is 30.6. The molecule has 224 valence electrons. The molecule has 1 saturated heterocycles. The number of hydrogen-bond donors (Lipinski definition) is 0. The number of fused-ring (bicyclic) bond motifs is 1.